The molecule has 1 aliphatic heterocycles. The van der Waals surface area contributed by atoms with Crippen LogP contribution in [0.5, 0.6) is 0 Å². The van der Waals surface area contributed by atoms with Crippen LogP contribution in [-0.2, 0) is 11.3 Å². The minimum atomic E-state index is 0.0161. The average molecular weight is 291 g/mol. The van der Waals surface area contributed by atoms with Crippen molar-refractivity contribution in [2.24, 2.45) is 0 Å². The molecule has 0 aliphatic carbocycles. The largest absolute Gasteiger partial charge is 0.378 e. The zero-order chi connectivity index (χ0) is 14.8. The number of hydrogen-bond donors (Lipinski definition) is 0. The lowest BCUT2D eigenvalue weighted by Gasteiger charge is -2.32. The minimum Gasteiger partial charge on any atom is -0.378 e. The van der Waals surface area contributed by atoms with Gasteiger partial charge in [-0.2, -0.15) is 10.1 Å². The van der Waals surface area contributed by atoms with Crippen LogP contribution >= 0.6 is 0 Å². The van der Waals surface area contributed by atoms with Crippen molar-refractivity contribution in [1.29, 1.82) is 0 Å². The summed E-state index contributed by atoms with van der Waals surface area (Å²) in [6.07, 6.45) is 4.02. The quantitative estimate of drug-likeness (QED) is 0.854. The molecule has 1 fully saturated rings. The summed E-state index contributed by atoms with van der Waals surface area (Å²) in [7, 11) is 0. The lowest BCUT2D eigenvalue weighted by Crippen LogP contribution is -2.39. The summed E-state index contributed by atoms with van der Waals surface area (Å²) in [5.74, 6) is 1.28. The van der Waals surface area contributed by atoms with Gasteiger partial charge in [-0.1, -0.05) is 5.16 Å². The van der Waals surface area contributed by atoms with Gasteiger partial charge in [-0.25, -0.2) is 0 Å². The fraction of sp³-hybridized carbons (Fsp3) is 0.643. The van der Waals surface area contributed by atoms with Gasteiger partial charge in [-0.3, -0.25) is 9.58 Å². The van der Waals surface area contributed by atoms with Crippen LogP contribution in [0.15, 0.2) is 16.9 Å². The summed E-state index contributed by atoms with van der Waals surface area (Å²) in [6.45, 7) is 9.03. The monoisotopic (exact) mass is 291 g/mol. The van der Waals surface area contributed by atoms with Crippen LogP contribution in [0.4, 0.5) is 0 Å². The number of morpholine rings is 1. The van der Waals surface area contributed by atoms with Crippen LogP contribution in [0.3, 0.4) is 0 Å². The van der Waals surface area contributed by atoms with E-state index in [-0.39, 0.29) is 6.04 Å². The Kier molecular flexibility index (Phi) is 4.03. The van der Waals surface area contributed by atoms with Crippen LogP contribution in [0.2, 0.25) is 0 Å². The van der Waals surface area contributed by atoms with E-state index in [4.69, 9.17) is 9.26 Å². The molecule has 2 aromatic heterocycles. The van der Waals surface area contributed by atoms with Gasteiger partial charge in [0.15, 0.2) is 5.82 Å². The minimum absolute atomic E-state index is 0.0161. The van der Waals surface area contributed by atoms with E-state index in [1.54, 1.807) is 0 Å². The summed E-state index contributed by atoms with van der Waals surface area (Å²) in [5, 5.41) is 8.27. The first-order chi connectivity index (χ1) is 10.1. The third kappa shape index (κ3) is 3.14. The Bertz CT molecular complexity index is 592. The van der Waals surface area contributed by atoms with Crippen molar-refractivity contribution < 1.29 is 9.26 Å². The topological polar surface area (TPSA) is 69.2 Å². The Morgan fingerprint density at radius 3 is 2.95 bits per heavy atom. The molecule has 21 heavy (non-hydrogen) atoms. The van der Waals surface area contributed by atoms with Crippen molar-refractivity contribution in [2.75, 3.05) is 19.8 Å². The van der Waals surface area contributed by atoms with Crippen molar-refractivity contribution in [2.45, 2.75) is 39.4 Å². The highest BCUT2D eigenvalue weighted by molar-refractivity contribution is 5.06. The van der Waals surface area contributed by atoms with E-state index in [1.807, 2.05) is 17.8 Å². The molecule has 3 heterocycles. The van der Waals surface area contributed by atoms with Crippen molar-refractivity contribution in [1.82, 2.24) is 24.8 Å². The number of hydrogen-bond acceptors (Lipinski definition) is 6. The molecular weight excluding hydrogens is 270 g/mol. The molecule has 1 atom stereocenters. The average Bonchev–Trinajstić information content (AvgIpc) is 3.09. The Morgan fingerprint density at radius 2 is 2.29 bits per heavy atom. The summed E-state index contributed by atoms with van der Waals surface area (Å²) < 4.78 is 12.9. The van der Waals surface area contributed by atoms with Gasteiger partial charge in [-0.15, -0.1) is 0 Å². The van der Waals surface area contributed by atoms with Crippen molar-refractivity contribution in [3.63, 3.8) is 0 Å². The van der Waals surface area contributed by atoms with E-state index in [2.05, 4.69) is 40.2 Å². The predicted octanol–water partition coefficient (Wildman–Crippen LogP) is 1.73. The lowest BCUT2D eigenvalue weighted by atomic mass is 10.2. The summed E-state index contributed by atoms with van der Waals surface area (Å²) in [5.41, 5.74) is 1.19. The summed E-state index contributed by atoms with van der Waals surface area (Å²) >= 11 is 0. The van der Waals surface area contributed by atoms with Crippen LogP contribution in [-0.4, -0.2) is 44.6 Å². The van der Waals surface area contributed by atoms with Gasteiger partial charge in [0, 0.05) is 30.9 Å². The molecule has 0 spiro atoms. The molecule has 1 saturated heterocycles. The second-order valence-electron chi connectivity index (χ2n) is 5.66. The number of nitrogens with zero attached hydrogens (tertiary/aromatic N) is 5. The highest BCUT2D eigenvalue weighted by Crippen LogP contribution is 2.24. The van der Waals surface area contributed by atoms with Crippen LogP contribution in [0.1, 0.15) is 43.2 Å². The molecule has 114 valence electrons. The molecule has 0 aromatic carbocycles. The Labute approximate surface area is 123 Å². The maximum Gasteiger partial charge on any atom is 0.246 e. The highest BCUT2D eigenvalue weighted by Gasteiger charge is 2.29. The standard InChI is InChI=1S/C14H21N5O2/c1-10(2)19-8-12(6-15-19)7-18-4-5-20-9-13(18)14-16-11(3)17-21-14/h6,8,10,13H,4-5,7,9H2,1-3H3/t13-/m0/s1. The van der Waals surface area contributed by atoms with Crippen LogP contribution in [0.25, 0.3) is 0 Å². The van der Waals surface area contributed by atoms with Gasteiger partial charge >= 0.3 is 0 Å². The first-order valence-electron chi connectivity index (χ1n) is 7.28. The number of aromatic nitrogens is 4. The van der Waals surface area contributed by atoms with E-state index in [9.17, 15) is 0 Å². The zero-order valence-corrected chi connectivity index (χ0v) is 12.7. The van der Waals surface area contributed by atoms with Crippen LogP contribution < -0.4 is 0 Å². The Morgan fingerprint density at radius 1 is 1.43 bits per heavy atom. The number of ether oxygens (including phenoxy) is 1. The van der Waals surface area contributed by atoms with Crippen LogP contribution in [0, 0.1) is 6.92 Å². The van der Waals surface area contributed by atoms with Gasteiger partial charge in [0.25, 0.3) is 0 Å². The Hall–Kier alpha value is -1.73. The van der Waals surface area contributed by atoms with Crippen molar-refractivity contribution in [3.8, 4) is 0 Å². The smallest absolute Gasteiger partial charge is 0.246 e. The molecule has 0 saturated carbocycles. The van der Waals surface area contributed by atoms with Gasteiger partial charge in [0.2, 0.25) is 5.89 Å². The first-order valence-corrected chi connectivity index (χ1v) is 7.28. The summed E-state index contributed by atoms with van der Waals surface area (Å²) in [6, 6.07) is 0.389. The molecule has 3 rings (SSSR count). The van der Waals surface area contributed by atoms with E-state index >= 15 is 0 Å². The third-order valence-electron chi connectivity index (χ3n) is 3.64. The molecular formula is C14H21N5O2. The molecule has 7 nitrogen and oxygen atoms in total. The van der Waals surface area contributed by atoms with Gasteiger partial charge in [-0.05, 0) is 20.8 Å². The van der Waals surface area contributed by atoms with E-state index in [0.29, 0.717) is 24.4 Å². The lowest BCUT2D eigenvalue weighted by molar-refractivity contribution is -0.0241. The van der Waals surface area contributed by atoms with E-state index < -0.39 is 0 Å². The maximum atomic E-state index is 5.57. The van der Waals surface area contributed by atoms with Gasteiger partial charge in [0.05, 0.1) is 19.4 Å². The number of aryl methyl sites for hydroxylation is 1. The van der Waals surface area contributed by atoms with Gasteiger partial charge in [0.1, 0.15) is 6.04 Å². The Balaban J connectivity index is 1.74. The molecule has 0 unspecified atom stereocenters. The molecule has 0 amide bonds. The van der Waals surface area contributed by atoms with E-state index in [0.717, 1.165) is 19.7 Å². The third-order valence-corrected chi connectivity index (χ3v) is 3.64. The normalized spacial score (nSPS) is 20.3. The highest BCUT2D eigenvalue weighted by atomic mass is 16.5. The first kappa shape index (κ1) is 14.2. The second kappa shape index (κ2) is 5.95. The predicted molar refractivity (Wildman–Crippen MR) is 75.6 cm³/mol. The zero-order valence-electron chi connectivity index (χ0n) is 12.7. The molecule has 0 N–H and O–H groups in total. The fourth-order valence-corrected chi connectivity index (χ4v) is 2.48. The van der Waals surface area contributed by atoms with Gasteiger partial charge < -0.3 is 9.26 Å². The number of rotatable bonds is 4. The molecule has 2 aromatic rings. The molecule has 0 radical (unpaired) electrons. The van der Waals surface area contributed by atoms with E-state index in [1.165, 1.54) is 5.56 Å². The second-order valence-corrected chi connectivity index (χ2v) is 5.66. The molecule has 7 heteroatoms. The SMILES string of the molecule is Cc1noc([C@@H]2COCCN2Cc2cnn(C(C)C)c2)n1. The molecule has 0 bridgehead atoms. The van der Waals surface area contributed by atoms with Crippen molar-refractivity contribution in [3.05, 3.63) is 29.7 Å². The maximum absolute atomic E-state index is 5.57. The fourth-order valence-electron chi connectivity index (χ4n) is 2.48. The summed E-state index contributed by atoms with van der Waals surface area (Å²) in [4.78, 5) is 6.64. The van der Waals surface area contributed by atoms with Crippen molar-refractivity contribution >= 4 is 0 Å². The molecule has 1 aliphatic rings.